The second kappa shape index (κ2) is 6.55. The Morgan fingerprint density at radius 1 is 1.00 bits per heavy atom. The van der Waals surface area contributed by atoms with Gasteiger partial charge >= 0.3 is 0 Å². The molecular weight excluding hydrogens is 232 g/mol. The lowest BCUT2D eigenvalue weighted by Gasteiger charge is -2.24. The minimum atomic E-state index is 0.532. The van der Waals surface area contributed by atoms with Crippen molar-refractivity contribution in [3.05, 3.63) is 84.4 Å². The van der Waals surface area contributed by atoms with Gasteiger partial charge in [-0.25, -0.2) is 0 Å². The van der Waals surface area contributed by atoms with Crippen LogP contribution in [-0.2, 0) is 6.54 Å². The summed E-state index contributed by atoms with van der Waals surface area (Å²) in [4.78, 5) is 2.01. The van der Waals surface area contributed by atoms with E-state index in [-0.39, 0.29) is 0 Å². The lowest BCUT2D eigenvalue weighted by atomic mass is 10.1. The molecule has 2 rings (SSSR count). The van der Waals surface area contributed by atoms with Crippen molar-refractivity contribution in [2.24, 2.45) is 0 Å². The van der Waals surface area contributed by atoms with Crippen molar-refractivity contribution in [3.8, 4) is 0 Å². The number of hydrogen-bond donors (Lipinski definition) is 1. The van der Waals surface area contributed by atoms with Gasteiger partial charge in [-0.3, -0.25) is 5.41 Å². The van der Waals surface area contributed by atoms with E-state index in [4.69, 9.17) is 5.41 Å². The molecule has 0 aromatic heterocycles. The van der Waals surface area contributed by atoms with Crippen LogP contribution >= 0.6 is 0 Å². The van der Waals surface area contributed by atoms with Gasteiger partial charge in [-0.2, -0.15) is 0 Å². The Bertz CT molecular complexity index is 532. The van der Waals surface area contributed by atoms with Crippen molar-refractivity contribution in [3.63, 3.8) is 0 Å². The molecule has 0 saturated carbocycles. The summed E-state index contributed by atoms with van der Waals surface area (Å²) in [5.41, 5.74) is 2.13. The highest BCUT2D eigenvalue weighted by Gasteiger charge is 2.10. The molecule has 0 atom stereocenters. The van der Waals surface area contributed by atoms with E-state index in [1.54, 1.807) is 0 Å². The van der Waals surface area contributed by atoms with Crippen molar-refractivity contribution in [1.29, 1.82) is 5.41 Å². The van der Waals surface area contributed by atoms with Gasteiger partial charge in [0.2, 0.25) is 0 Å². The van der Waals surface area contributed by atoms with Gasteiger partial charge in [0.15, 0.2) is 0 Å². The number of hydrogen-bond acceptors (Lipinski definition) is 1. The molecule has 19 heavy (non-hydrogen) atoms. The molecule has 0 unspecified atom stereocenters. The molecule has 0 saturated heterocycles. The molecule has 0 aliphatic heterocycles. The van der Waals surface area contributed by atoms with E-state index in [1.807, 2.05) is 59.5 Å². The lowest BCUT2D eigenvalue weighted by molar-refractivity contribution is 0.454. The Hall–Kier alpha value is -2.35. The summed E-state index contributed by atoms with van der Waals surface area (Å²) in [5.74, 6) is 0.532. The molecule has 0 amide bonds. The second-order valence-corrected chi connectivity index (χ2v) is 4.37. The Morgan fingerprint density at radius 2 is 1.58 bits per heavy atom. The van der Waals surface area contributed by atoms with Crippen molar-refractivity contribution in [2.45, 2.75) is 6.54 Å². The van der Waals surface area contributed by atoms with Crippen LogP contribution < -0.4 is 0 Å². The minimum absolute atomic E-state index is 0.532. The third-order valence-corrected chi connectivity index (χ3v) is 2.93. The Kier molecular flexibility index (Phi) is 4.51. The maximum Gasteiger partial charge on any atom is 0.128 e. The van der Waals surface area contributed by atoms with Gasteiger partial charge in [0.05, 0.1) is 0 Å². The fraction of sp³-hybridized carbons (Fsp3) is 0.118. The molecule has 2 nitrogen and oxygen atoms in total. The van der Waals surface area contributed by atoms with Crippen LogP contribution in [0.2, 0.25) is 0 Å². The zero-order valence-electron chi connectivity index (χ0n) is 10.9. The van der Waals surface area contributed by atoms with Crippen LogP contribution in [0.4, 0.5) is 0 Å². The monoisotopic (exact) mass is 250 g/mol. The zero-order chi connectivity index (χ0) is 13.5. The molecule has 1 N–H and O–H groups in total. The van der Waals surface area contributed by atoms with Gasteiger partial charge in [0, 0.05) is 18.7 Å². The number of amidine groups is 1. The molecule has 0 bridgehead atoms. The van der Waals surface area contributed by atoms with Crippen LogP contribution in [0.3, 0.4) is 0 Å². The maximum absolute atomic E-state index is 8.32. The zero-order valence-corrected chi connectivity index (χ0v) is 10.9. The summed E-state index contributed by atoms with van der Waals surface area (Å²) >= 11 is 0. The van der Waals surface area contributed by atoms with Crippen LogP contribution in [0.25, 0.3) is 0 Å². The van der Waals surface area contributed by atoms with E-state index in [0.29, 0.717) is 12.4 Å². The van der Waals surface area contributed by atoms with Gasteiger partial charge in [-0.05, 0) is 5.56 Å². The molecule has 2 aromatic rings. The highest BCUT2D eigenvalue weighted by Crippen LogP contribution is 2.10. The third-order valence-electron chi connectivity index (χ3n) is 2.93. The number of benzene rings is 2. The van der Waals surface area contributed by atoms with Gasteiger partial charge in [0.1, 0.15) is 5.84 Å². The molecule has 0 heterocycles. The molecule has 96 valence electrons. The smallest absolute Gasteiger partial charge is 0.128 e. The van der Waals surface area contributed by atoms with E-state index in [2.05, 4.69) is 18.7 Å². The topological polar surface area (TPSA) is 27.1 Å². The first-order valence-electron chi connectivity index (χ1n) is 6.35. The predicted octanol–water partition coefficient (Wildman–Crippen LogP) is 3.70. The Morgan fingerprint density at radius 3 is 2.16 bits per heavy atom. The highest BCUT2D eigenvalue weighted by molar-refractivity contribution is 5.96. The van der Waals surface area contributed by atoms with E-state index < -0.39 is 0 Å². The minimum Gasteiger partial charge on any atom is -0.349 e. The maximum atomic E-state index is 8.32. The van der Waals surface area contributed by atoms with E-state index in [0.717, 1.165) is 12.1 Å². The second-order valence-electron chi connectivity index (χ2n) is 4.37. The number of rotatable bonds is 5. The number of nitrogens with zero attached hydrogens (tertiary/aromatic N) is 1. The molecular formula is C17H18N2. The van der Waals surface area contributed by atoms with Crippen LogP contribution in [0.1, 0.15) is 11.1 Å². The van der Waals surface area contributed by atoms with E-state index in [1.165, 1.54) is 5.56 Å². The molecule has 0 spiro atoms. The largest absolute Gasteiger partial charge is 0.349 e. The van der Waals surface area contributed by atoms with Crippen LogP contribution in [0.5, 0.6) is 0 Å². The summed E-state index contributed by atoms with van der Waals surface area (Å²) in [7, 11) is 0. The summed E-state index contributed by atoms with van der Waals surface area (Å²) in [5, 5.41) is 8.32. The quantitative estimate of drug-likeness (QED) is 0.489. The van der Waals surface area contributed by atoms with Crippen LogP contribution in [0, 0.1) is 5.41 Å². The summed E-state index contributed by atoms with van der Waals surface area (Å²) in [6, 6.07) is 20.0. The van der Waals surface area contributed by atoms with Crippen molar-refractivity contribution < 1.29 is 0 Å². The van der Waals surface area contributed by atoms with Gasteiger partial charge in [-0.15, -0.1) is 6.58 Å². The predicted molar refractivity (Wildman–Crippen MR) is 80.3 cm³/mol. The first kappa shape index (κ1) is 13.1. The molecule has 2 heteroatoms. The average molecular weight is 250 g/mol. The van der Waals surface area contributed by atoms with Crippen molar-refractivity contribution >= 4 is 5.84 Å². The van der Waals surface area contributed by atoms with E-state index >= 15 is 0 Å². The lowest BCUT2D eigenvalue weighted by Crippen LogP contribution is -2.30. The summed E-state index contributed by atoms with van der Waals surface area (Å²) in [6.45, 7) is 5.17. The summed E-state index contributed by atoms with van der Waals surface area (Å²) < 4.78 is 0. The first-order chi connectivity index (χ1) is 9.31. The average Bonchev–Trinajstić information content (AvgIpc) is 2.48. The summed E-state index contributed by atoms with van der Waals surface area (Å²) in [6.07, 6.45) is 1.83. The van der Waals surface area contributed by atoms with Gasteiger partial charge in [0.25, 0.3) is 0 Å². The van der Waals surface area contributed by atoms with Crippen molar-refractivity contribution in [1.82, 2.24) is 4.90 Å². The third kappa shape index (κ3) is 3.55. The van der Waals surface area contributed by atoms with E-state index in [9.17, 15) is 0 Å². The Balaban J connectivity index is 2.16. The molecule has 0 aliphatic rings. The molecule has 2 aromatic carbocycles. The SMILES string of the molecule is C=CCN(Cc1ccccc1)C(=N)c1ccccc1. The van der Waals surface area contributed by atoms with Crippen molar-refractivity contribution in [2.75, 3.05) is 6.54 Å². The first-order valence-corrected chi connectivity index (χ1v) is 6.35. The molecule has 0 radical (unpaired) electrons. The molecule has 0 fully saturated rings. The normalized spacial score (nSPS) is 9.89. The fourth-order valence-corrected chi connectivity index (χ4v) is 1.97. The molecule has 0 aliphatic carbocycles. The number of nitrogens with one attached hydrogen (secondary N) is 1. The standard InChI is InChI=1S/C17H18N2/c1-2-13-19(14-15-9-5-3-6-10-15)17(18)16-11-7-4-8-12-16/h2-12,18H,1,13-14H2. The van der Waals surface area contributed by atoms with Crippen LogP contribution in [-0.4, -0.2) is 17.3 Å². The van der Waals surface area contributed by atoms with Gasteiger partial charge in [-0.1, -0.05) is 66.7 Å². The van der Waals surface area contributed by atoms with Gasteiger partial charge < -0.3 is 4.90 Å². The highest BCUT2D eigenvalue weighted by atomic mass is 15.2. The fourth-order valence-electron chi connectivity index (χ4n) is 1.97. The Labute approximate surface area is 114 Å². The van der Waals surface area contributed by atoms with Crippen LogP contribution in [0.15, 0.2) is 73.3 Å².